The van der Waals surface area contributed by atoms with Gasteiger partial charge in [-0.25, -0.2) is 0 Å². The average Bonchev–Trinajstić information content (AvgIpc) is 1.59. The third-order valence-electron chi connectivity index (χ3n) is 0.734. The van der Waals surface area contributed by atoms with E-state index in [2.05, 4.69) is 5.87 Å². The van der Waals surface area contributed by atoms with Gasteiger partial charge in [-0.1, -0.05) is 5.87 Å². The van der Waals surface area contributed by atoms with E-state index in [-0.39, 0.29) is 16.2 Å². The van der Waals surface area contributed by atoms with Crippen molar-refractivity contribution >= 4 is 16.4 Å². The van der Waals surface area contributed by atoms with Crippen LogP contribution >= 0.6 is 10.5 Å². The Balaban J connectivity index is 3.39. The molecule has 0 bridgehead atoms. The van der Waals surface area contributed by atoms with Crippen molar-refractivity contribution in [3.8, 4) is 0 Å². The molecule has 0 rings (SSSR count). The predicted molar refractivity (Wildman–Crippen MR) is 36.2 cm³/mol. The quantitative estimate of drug-likeness (QED) is 0.541. The molecule has 1 atom stereocenters. The lowest BCUT2D eigenvalue weighted by Crippen LogP contribution is -2.08. The molecule has 1 unspecified atom stereocenters. The van der Waals surface area contributed by atoms with Gasteiger partial charge < -0.3 is 0 Å². The zero-order valence-corrected chi connectivity index (χ0v) is 5.98. The lowest BCUT2D eigenvalue weighted by molar-refractivity contribution is -0.129. The molecular weight excluding hydrogens is 149 g/mol. The molecular formula is C5H9F3S. The van der Waals surface area contributed by atoms with Crippen molar-refractivity contribution in [2.45, 2.75) is 12.6 Å². The van der Waals surface area contributed by atoms with Crippen LogP contribution in [0.1, 0.15) is 6.42 Å². The summed E-state index contributed by atoms with van der Waals surface area (Å²) < 4.78 is 34.2. The Morgan fingerprint density at radius 2 is 1.89 bits per heavy atom. The van der Waals surface area contributed by atoms with Gasteiger partial charge in [-0.2, -0.15) is 23.7 Å². The highest BCUT2D eigenvalue weighted by Gasteiger charge is 2.25. The molecule has 0 heterocycles. The predicted octanol–water partition coefficient (Wildman–Crippen LogP) is 2.27. The molecule has 0 fully saturated rings. The molecule has 0 saturated heterocycles. The Bertz CT molecular complexity index is 105. The monoisotopic (exact) mass is 158 g/mol. The molecule has 4 heteroatoms. The first-order valence-electron chi connectivity index (χ1n) is 2.41. The van der Waals surface area contributed by atoms with Gasteiger partial charge in [-0.3, -0.25) is 0 Å². The number of rotatable bonds is 2. The highest BCUT2D eigenvalue weighted by Crippen LogP contribution is 2.22. The molecule has 0 aromatic carbocycles. The van der Waals surface area contributed by atoms with Crippen molar-refractivity contribution in [2.24, 2.45) is 0 Å². The van der Waals surface area contributed by atoms with Gasteiger partial charge in [0.25, 0.3) is 0 Å². The highest BCUT2D eigenvalue weighted by molar-refractivity contribution is 8.13. The number of alkyl halides is 3. The summed E-state index contributed by atoms with van der Waals surface area (Å²) in [7, 11) is -0.332. The largest absolute Gasteiger partial charge is 0.389 e. The van der Waals surface area contributed by atoms with Crippen molar-refractivity contribution < 1.29 is 13.2 Å². The molecule has 0 saturated carbocycles. The van der Waals surface area contributed by atoms with Gasteiger partial charge in [0, 0.05) is 0 Å². The van der Waals surface area contributed by atoms with Crippen molar-refractivity contribution in [1.82, 2.24) is 0 Å². The van der Waals surface area contributed by atoms with Crippen molar-refractivity contribution in [3.05, 3.63) is 0 Å². The Hall–Kier alpha value is 0.01000. The Kier molecular flexibility index (Phi) is 3.25. The van der Waals surface area contributed by atoms with Gasteiger partial charge in [-0.15, -0.1) is 0 Å². The number of halogens is 3. The van der Waals surface area contributed by atoms with E-state index in [1.807, 2.05) is 0 Å². The number of hydrogen-bond acceptors (Lipinski definition) is 0. The van der Waals surface area contributed by atoms with Crippen molar-refractivity contribution in [1.29, 1.82) is 0 Å². The lowest BCUT2D eigenvalue weighted by atomic mass is 10.5. The summed E-state index contributed by atoms with van der Waals surface area (Å²) in [6, 6.07) is 0. The summed E-state index contributed by atoms with van der Waals surface area (Å²) in [6.07, 6.45) is -3.00. The second-order valence-corrected chi connectivity index (χ2v) is 3.82. The second kappa shape index (κ2) is 3.25. The standard InChI is InChI=1S/C5H9F3S/c1-9(2)4-3-5(6,7)8/h1,3-4H2,2H3. The minimum absolute atomic E-state index is 0.156. The minimum atomic E-state index is -4.00. The molecule has 0 aliphatic heterocycles. The molecule has 9 heavy (non-hydrogen) atoms. The first-order chi connectivity index (χ1) is 3.92. The fourth-order valence-electron chi connectivity index (χ4n) is 0.290. The molecule has 0 radical (unpaired) electrons. The lowest BCUT2D eigenvalue weighted by Gasteiger charge is -2.04. The normalized spacial score (nSPS) is 15.6. The fraction of sp³-hybridized carbons (Fsp3) is 0.800. The van der Waals surface area contributed by atoms with Gasteiger partial charge in [0.1, 0.15) is 0 Å². The van der Waals surface area contributed by atoms with E-state index < -0.39 is 12.6 Å². The van der Waals surface area contributed by atoms with Crippen LogP contribution in [-0.2, 0) is 0 Å². The summed E-state index contributed by atoms with van der Waals surface area (Å²) in [4.78, 5) is 0. The van der Waals surface area contributed by atoms with Gasteiger partial charge in [0.05, 0.1) is 6.42 Å². The molecule has 0 amide bonds. The smallest absolute Gasteiger partial charge is 0.196 e. The summed E-state index contributed by atoms with van der Waals surface area (Å²) in [5.41, 5.74) is 0. The number of hydrogen-bond donors (Lipinski definition) is 0. The maximum absolute atomic E-state index is 11.4. The Morgan fingerprint density at radius 1 is 1.44 bits per heavy atom. The van der Waals surface area contributed by atoms with Crippen molar-refractivity contribution in [3.63, 3.8) is 0 Å². The van der Waals surface area contributed by atoms with Crippen LogP contribution in [-0.4, -0.2) is 24.1 Å². The fourth-order valence-corrected chi connectivity index (χ4v) is 0.870. The molecule has 0 spiro atoms. The summed E-state index contributed by atoms with van der Waals surface area (Å²) in [5, 5.41) is 0. The van der Waals surface area contributed by atoms with E-state index in [0.29, 0.717) is 0 Å². The summed E-state index contributed by atoms with van der Waals surface area (Å²) in [6.45, 7) is 0. The molecule has 0 aromatic rings. The van der Waals surface area contributed by atoms with Crippen LogP contribution in [0.5, 0.6) is 0 Å². The Labute approximate surface area is 55.0 Å². The van der Waals surface area contributed by atoms with E-state index in [1.54, 1.807) is 6.26 Å². The van der Waals surface area contributed by atoms with E-state index in [9.17, 15) is 13.2 Å². The van der Waals surface area contributed by atoms with E-state index in [1.165, 1.54) is 0 Å². The molecule has 0 N–H and O–H groups in total. The topological polar surface area (TPSA) is 0 Å². The van der Waals surface area contributed by atoms with Gasteiger partial charge in [0.15, 0.2) is 0 Å². The first kappa shape index (κ1) is 9.01. The third-order valence-corrected chi connectivity index (χ3v) is 1.64. The zero-order chi connectivity index (χ0) is 7.49. The van der Waals surface area contributed by atoms with Crippen molar-refractivity contribution in [2.75, 3.05) is 12.0 Å². The Morgan fingerprint density at radius 3 is 2.00 bits per heavy atom. The van der Waals surface area contributed by atoms with Crippen LogP contribution in [0, 0.1) is 0 Å². The van der Waals surface area contributed by atoms with Crippen LogP contribution < -0.4 is 0 Å². The van der Waals surface area contributed by atoms with E-state index in [4.69, 9.17) is 0 Å². The minimum Gasteiger partial charge on any atom is -0.196 e. The summed E-state index contributed by atoms with van der Waals surface area (Å²) >= 11 is 0. The molecule has 0 aromatic heterocycles. The van der Waals surface area contributed by atoms with Gasteiger partial charge >= 0.3 is 6.18 Å². The van der Waals surface area contributed by atoms with Gasteiger partial charge in [0.2, 0.25) is 0 Å². The molecule has 56 valence electrons. The van der Waals surface area contributed by atoms with Crippen LogP contribution in [0.15, 0.2) is 0 Å². The van der Waals surface area contributed by atoms with Gasteiger partial charge in [-0.05, 0) is 12.0 Å². The third kappa shape index (κ3) is 8.01. The molecule has 0 aliphatic rings. The SMILES string of the molecule is C=S(C)CCC(F)(F)F. The highest BCUT2D eigenvalue weighted by atomic mass is 32.2. The summed E-state index contributed by atoms with van der Waals surface area (Å²) in [5.74, 6) is 3.63. The maximum atomic E-state index is 11.4. The van der Waals surface area contributed by atoms with E-state index in [0.717, 1.165) is 0 Å². The molecule has 0 aliphatic carbocycles. The van der Waals surface area contributed by atoms with Crippen LogP contribution in [0.3, 0.4) is 0 Å². The average molecular weight is 158 g/mol. The first-order valence-corrected chi connectivity index (χ1v) is 4.38. The van der Waals surface area contributed by atoms with Crippen LogP contribution in [0.25, 0.3) is 0 Å². The zero-order valence-electron chi connectivity index (χ0n) is 5.16. The second-order valence-electron chi connectivity index (χ2n) is 1.85. The maximum Gasteiger partial charge on any atom is 0.389 e. The van der Waals surface area contributed by atoms with E-state index >= 15 is 0 Å². The molecule has 0 nitrogen and oxygen atoms in total. The van der Waals surface area contributed by atoms with Crippen LogP contribution in [0.4, 0.5) is 13.2 Å². The van der Waals surface area contributed by atoms with Crippen LogP contribution in [0.2, 0.25) is 0 Å².